The summed E-state index contributed by atoms with van der Waals surface area (Å²) >= 11 is 0. The van der Waals surface area contributed by atoms with E-state index in [0.717, 1.165) is 10.9 Å². The summed E-state index contributed by atoms with van der Waals surface area (Å²) in [5.74, 6) is 1.68. The van der Waals surface area contributed by atoms with Gasteiger partial charge in [0.15, 0.2) is 17.3 Å². The number of pyridine rings is 1. The van der Waals surface area contributed by atoms with Crippen molar-refractivity contribution in [2.45, 2.75) is 0 Å². The number of fused-ring (bicyclic) bond motifs is 2. The molecule has 0 bridgehead atoms. The highest BCUT2D eigenvalue weighted by Gasteiger charge is 2.17. The summed E-state index contributed by atoms with van der Waals surface area (Å²) in [6.07, 6.45) is 1.58. The Morgan fingerprint density at radius 3 is 2.64 bits per heavy atom. The molecule has 0 saturated heterocycles. The topological polar surface area (TPSA) is 73.6 Å². The quantitative estimate of drug-likeness (QED) is 0.572. The highest BCUT2D eigenvalue weighted by atomic mass is 16.6. The van der Waals surface area contributed by atoms with Gasteiger partial charge in [-0.2, -0.15) is 0 Å². The number of hydrogen-bond acceptors (Lipinski definition) is 5. The molecule has 2 aromatic heterocycles. The van der Waals surface area contributed by atoms with Crippen molar-refractivity contribution >= 4 is 22.5 Å². The maximum atomic E-state index is 13.1. The van der Waals surface area contributed by atoms with E-state index >= 15 is 0 Å². The van der Waals surface area contributed by atoms with Crippen molar-refractivity contribution in [3.63, 3.8) is 0 Å². The smallest absolute Gasteiger partial charge is 0.256 e. The van der Waals surface area contributed by atoms with Gasteiger partial charge in [0.05, 0.1) is 17.3 Å². The van der Waals surface area contributed by atoms with Crippen LogP contribution >= 0.6 is 0 Å². The molecule has 4 aromatic rings. The molecule has 3 heterocycles. The molecule has 0 saturated carbocycles. The van der Waals surface area contributed by atoms with E-state index in [1.807, 2.05) is 30.3 Å². The van der Waals surface area contributed by atoms with Crippen LogP contribution in [0.3, 0.4) is 0 Å². The average Bonchev–Trinajstić information content (AvgIpc) is 3.28. The first-order valence-corrected chi connectivity index (χ1v) is 8.92. The van der Waals surface area contributed by atoms with Crippen molar-refractivity contribution < 1.29 is 18.7 Å². The zero-order chi connectivity index (χ0) is 18.9. The van der Waals surface area contributed by atoms with Crippen LogP contribution < -0.4 is 14.8 Å². The maximum absolute atomic E-state index is 13.1. The second kappa shape index (κ2) is 6.74. The monoisotopic (exact) mass is 372 g/mol. The molecule has 6 heteroatoms. The van der Waals surface area contributed by atoms with Crippen molar-refractivity contribution in [3.05, 3.63) is 72.5 Å². The Morgan fingerprint density at radius 2 is 1.79 bits per heavy atom. The minimum atomic E-state index is -0.233. The first-order chi connectivity index (χ1) is 13.8. The number of carbonyl (C=O) groups is 1. The van der Waals surface area contributed by atoms with Crippen LogP contribution in [0.4, 0.5) is 5.69 Å². The highest BCUT2D eigenvalue weighted by Crippen LogP contribution is 2.33. The number of nitrogens with zero attached hydrogens (tertiary/aromatic N) is 1. The van der Waals surface area contributed by atoms with Gasteiger partial charge in [0.25, 0.3) is 5.91 Å². The summed E-state index contributed by atoms with van der Waals surface area (Å²) in [6.45, 7) is 1.02. The first kappa shape index (κ1) is 16.4. The average molecular weight is 372 g/mol. The summed E-state index contributed by atoms with van der Waals surface area (Å²) < 4.78 is 16.6. The molecule has 1 N–H and O–H groups in total. The van der Waals surface area contributed by atoms with Crippen LogP contribution in [0.5, 0.6) is 11.5 Å². The van der Waals surface area contributed by atoms with Gasteiger partial charge in [-0.15, -0.1) is 0 Å². The summed E-state index contributed by atoms with van der Waals surface area (Å²) in [7, 11) is 0. The molecule has 5 rings (SSSR count). The number of nitrogens with one attached hydrogen (secondary N) is 1. The lowest BCUT2D eigenvalue weighted by Crippen LogP contribution is -2.16. The minimum absolute atomic E-state index is 0.233. The third-order valence-electron chi connectivity index (χ3n) is 4.53. The zero-order valence-corrected chi connectivity index (χ0v) is 14.8. The molecule has 6 nitrogen and oxygen atoms in total. The van der Waals surface area contributed by atoms with Gasteiger partial charge in [0, 0.05) is 17.1 Å². The Hall–Kier alpha value is -3.80. The van der Waals surface area contributed by atoms with Crippen LogP contribution in [0.15, 0.2) is 71.3 Å². The third kappa shape index (κ3) is 2.95. The van der Waals surface area contributed by atoms with Crippen LogP contribution in [-0.4, -0.2) is 24.1 Å². The predicted molar refractivity (Wildman–Crippen MR) is 105 cm³/mol. The number of anilines is 1. The Labute approximate surface area is 160 Å². The van der Waals surface area contributed by atoms with Crippen molar-refractivity contribution in [2.24, 2.45) is 0 Å². The maximum Gasteiger partial charge on any atom is 0.256 e. The number of para-hydroxylation sites is 1. The van der Waals surface area contributed by atoms with Crippen molar-refractivity contribution in [1.29, 1.82) is 0 Å². The fourth-order valence-electron chi connectivity index (χ4n) is 3.23. The fraction of sp³-hybridized carbons (Fsp3) is 0.0909. The van der Waals surface area contributed by atoms with Gasteiger partial charge in [0.2, 0.25) is 0 Å². The molecule has 0 spiro atoms. The second-order valence-electron chi connectivity index (χ2n) is 6.36. The van der Waals surface area contributed by atoms with E-state index in [-0.39, 0.29) is 5.91 Å². The number of ether oxygens (including phenoxy) is 2. The van der Waals surface area contributed by atoms with E-state index in [2.05, 4.69) is 10.3 Å². The van der Waals surface area contributed by atoms with Gasteiger partial charge in [0.1, 0.15) is 18.9 Å². The second-order valence-corrected chi connectivity index (χ2v) is 6.36. The summed E-state index contributed by atoms with van der Waals surface area (Å²) in [4.78, 5) is 17.7. The van der Waals surface area contributed by atoms with E-state index in [1.165, 1.54) is 0 Å². The fourth-order valence-corrected chi connectivity index (χ4v) is 3.23. The number of aromatic nitrogens is 1. The standard InChI is InChI=1S/C22H16N2O4/c25-22(23-14-7-8-20-21(12-14)28-11-10-27-20)16-13-18(19-6-3-9-26-19)24-17-5-2-1-4-15(16)17/h1-9,12-13H,10-11H2,(H,23,25). The Balaban J connectivity index is 1.53. The van der Waals surface area contributed by atoms with Crippen LogP contribution in [-0.2, 0) is 0 Å². The van der Waals surface area contributed by atoms with Gasteiger partial charge in [-0.25, -0.2) is 4.98 Å². The lowest BCUT2D eigenvalue weighted by atomic mass is 10.1. The van der Waals surface area contributed by atoms with Crippen LogP contribution in [0, 0.1) is 0 Å². The Bertz CT molecular complexity index is 1170. The zero-order valence-electron chi connectivity index (χ0n) is 14.8. The first-order valence-electron chi connectivity index (χ1n) is 8.92. The number of amides is 1. The number of furan rings is 1. The third-order valence-corrected chi connectivity index (χ3v) is 4.53. The molecular formula is C22H16N2O4. The molecular weight excluding hydrogens is 356 g/mol. The Kier molecular flexibility index (Phi) is 3.94. The van der Waals surface area contributed by atoms with E-state index in [0.29, 0.717) is 47.4 Å². The van der Waals surface area contributed by atoms with E-state index in [4.69, 9.17) is 13.9 Å². The SMILES string of the molecule is O=C(Nc1ccc2c(c1)OCCO2)c1cc(-c2ccco2)nc2ccccc12. The lowest BCUT2D eigenvalue weighted by Gasteiger charge is -2.19. The molecule has 1 aliphatic rings. The predicted octanol–water partition coefficient (Wildman–Crippen LogP) is 4.52. The van der Waals surface area contributed by atoms with Crippen LogP contribution in [0.1, 0.15) is 10.4 Å². The molecule has 1 amide bonds. The number of rotatable bonds is 3. The molecule has 28 heavy (non-hydrogen) atoms. The Morgan fingerprint density at radius 1 is 0.929 bits per heavy atom. The van der Waals surface area contributed by atoms with Gasteiger partial charge in [-0.1, -0.05) is 18.2 Å². The molecule has 0 radical (unpaired) electrons. The van der Waals surface area contributed by atoms with Gasteiger partial charge < -0.3 is 19.2 Å². The summed E-state index contributed by atoms with van der Waals surface area (Å²) in [5.41, 5.74) is 2.49. The van der Waals surface area contributed by atoms with E-state index in [1.54, 1.807) is 36.6 Å². The van der Waals surface area contributed by atoms with E-state index in [9.17, 15) is 4.79 Å². The molecule has 0 fully saturated rings. The van der Waals surface area contributed by atoms with Crippen molar-refractivity contribution in [3.8, 4) is 23.0 Å². The molecule has 0 atom stereocenters. The van der Waals surface area contributed by atoms with E-state index < -0.39 is 0 Å². The molecule has 1 aliphatic heterocycles. The van der Waals surface area contributed by atoms with Crippen molar-refractivity contribution in [2.75, 3.05) is 18.5 Å². The molecule has 0 aliphatic carbocycles. The highest BCUT2D eigenvalue weighted by molar-refractivity contribution is 6.13. The number of benzene rings is 2. The van der Waals surface area contributed by atoms with Crippen molar-refractivity contribution in [1.82, 2.24) is 4.98 Å². The minimum Gasteiger partial charge on any atom is -0.486 e. The number of hydrogen-bond donors (Lipinski definition) is 1. The summed E-state index contributed by atoms with van der Waals surface area (Å²) in [5, 5.41) is 3.71. The van der Waals surface area contributed by atoms with Gasteiger partial charge >= 0.3 is 0 Å². The van der Waals surface area contributed by atoms with Crippen LogP contribution in [0.2, 0.25) is 0 Å². The van der Waals surface area contributed by atoms with Gasteiger partial charge in [-0.05, 0) is 36.4 Å². The molecule has 0 unspecified atom stereocenters. The largest absolute Gasteiger partial charge is 0.486 e. The molecule has 138 valence electrons. The summed E-state index contributed by atoms with van der Waals surface area (Å²) in [6, 6.07) is 18.3. The lowest BCUT2D eigenvalue weighted by molar-refractivity contribution is 0.102. The van der Waals surface area contributed by atoms with Gasteiger partial charge in [-0.3, -0.25) is 4.79 Å². The van der Waals surface area contributed by atoms with Crippen LogP contribution in [0.25, 0.3) is 22.4 Å². The normalized spacial score (nSPS) is 12.7. The number of carbonyl (C=O) groups excluding carboxylic acids is 1. The molecule has 2 aromatic carbocycles.